The Morgan fingerprint density at radius 2 is 0.833 bits per heavy atom. The van der Waals surface area contributed by atoms with Crippen LogP contribution in [0.2, 0.25) is 19.0 Å². The van der Waals surface area contributed by atoms with Gasteiger partial charge in [0.1, 0.15) is 18.3 Å². The summed E-state index contributed by atoms with van der Waals surface area (Å²) in [6.45, 7) is 5.88. The van der Waals surface area contributed by atoms with Crippen LogP contribution in [0, 0.1) is 0 Å². The molecule has 0 aromatic carbocycles. The summed E-state index contributed by atoms with van der Waals surface area (Å²) in [6, 6.07) is 0. The predicted octanol–water partition coefficient (Wildman–Crippen LogP) is 0.0801. The molecule has 0 bridgehead atoms. The molecule has 6 atom stereocenters. The summed E-state index contributed by atoms with van der Waals surface area (Å²) in [5.74, 6) is 0. The first-order valence-electron chi connectivity index (χ1n) is 11.3. The van der Waals surface area contributed by atoms with Gasteiger partial charge in [-0.05, 0) is 19.0 Å². The number of hydrogen-bond acceptors (Lipinski definition) is 9. The van der Waals surface area contributed by atoms with Crippen LogP contribution in [-0.2, 0) is 14.0 Å². The molecule has 1 fully saturated rings. The van der Waals surface area contributed by atoms with Gasteiger partial charge in [-0.25, -0.2) is 0 Å². The van der Waals surface area contributed by atoms with Crippen molar-refractivity contribution >= 4 is 21.4 Å². The first-order valence-corrected chi connectivity index (χ1v) is 11.3. The molecule has 1 rings (SSSR count). The molecular weight excluding hydrogens is 393 g/mol. The van der Waals surface area contributed by atoms with Crippen LogP contribution in [-0.4, -0.2) is 88.4 Å². The van der Waals surface area contributed by atoms with Crippen molar-refractivity contribution in [1.29, 1.82) is 0 Å². The van der Waals surface area contributed by atoms with Gasteiger partial charge in [-0.15, -0.1) is 0 Å². The van der Waals surface area contributed by atoms with Crippen molar-refractivity contribution in [2.75, 3.05) is 0 Å². The molecule has 0 radical (unpaired) electrons. The lowest BCUT2D eigenvalue weighted by molar-refractivity contribution is -0.213. The standard InChI is InChI=1S/C18H39B3O9/c1-4-7-10-19(25)28-16-14(23)13(22)15(24)17(29-20(26)11-8-5-2)18(16)30-21(27)12-9-6-3/h13-18,22-27H,4-12H2,1-3H3/t13?,14-,15+,16-,17+,18?. The molecule has 9 nitrogen and oxygen atoms in total. The second-order valence-corrected chi connectivity index (χ2v) is 8.06. The maximum absolute atomic E-state index is 10.5. The van der Waals surface area contributed by atoms with Crippen LogP contribution in [0.3, 0.4) is 0 Å². The van der Waals surface area contributed by atoms with E-state index in [4.69, 9.17) is 14.0 Å². The molecule has 30 heavy (non-hydrogen) atoms. The Hall–Kier alpha value is -0.165. The van der Waals surface area contributed by atoms with Crippen LogP contribution < -0.4 is 0 Å². The minimum Gasteiger partial charge on any atom is -0.427 e. The van der Waals surface area contributed by atoms with Crippen molar-refractivity contribution in [3.8, 4) is 0 Å². The molecule has 0 aromatic rings. The minimum atomic E-state index is -1.63. The molecule has 0 spiro atoms. The van der Waals surface area contributed by atoms with E-state index in [1.54, 1.807) is 0 Å². The van der Waals surface area contributed by atoms with E-state index in [1.165, 1.54) is 0 Å². The SMILES string of the molecule is CCCCB(O)OC1[C@@H](OB(O)CCCC)[C@@H](O)C(O)[C@@H](O)[C@H]1OB(O)CCCC. The van der Waals surface area contributed by atoms with E-state index in [9.17, 15) is 30.4 Å². The summed E-state index contributed by atoms with van der Waals surface area (Å²) in [5, 5.41) is 62.0. The molecule has 0 amide bonds. The Morgan fingerprint density at radius 3 is 1.13 bits per heavy atom. The van der Waals surface area contributed by atoms with Gasteiger partial charge in [0.2, 0.25) is 0 Å². The Balaban J connectivity index is 3.05. The Labute approximate surface area is 181 Å². The van der Waals surface area contributed by atoms with Crippen molar-refractivity contribution in [3.05, 3.63) is 0 Å². The number of rotatable bonds is 15. The number of unbranched alkanes of at least 4 members (excludes halogenated alkanes) is 3. The predicted molar refractivity (Wildman–Crippen MR) is 116 cm³/mol. The van der Waals surface area contributed by atoms with Gasteiger partial charge in [-0.2, -0.15) is 0 Å². The molecule has 0 aliphatic heterocycles. The van der Waals surface area contributed by atoms with Crippen molar-refractivity contribution < 1.29 is 44.4 Å². The number of hydrogen-bond donors (Lipinski definition) is 6. The fraction of sp³-hybridized carbons (Fsp3) is 1.00. The van der Waals surface area contributed by atoms with Crippen LogP contribution >= 0.6 is 0 Å². The van der Waals surface area contributed by atoms with Gasteiger partial charge in [-0.1, -0.05) is 59.3 Å². The molecule has 174 valence electrons. The van der Waals surface area contributed by atoms with Gasteiger partial charge < -0.3 is 44.4 Å². The van der Waals surface area contributed by atoms with Crippen LogP contribution in [0.25, 0.3) is 0 Å². The zero-order valence-corrected chi connectivity index (χ0v) is 18.5. The van der Waals surface area contributed by atoms with E-state index >= 15 is 0 Å². The fourth-order valence-electron chi connectivity index (χ4n) is 3.52. The van der Waals surface area contributed by atoms with Gasteiger partial charge in [0.05, 0.1) is 18.3 Å². The highest BCUT2D eigenvalue weighted by Gasteiger charge is 2.53. The third kappa shape index (κ3) is 8.76. The first kappa shape index (κ1) is 27.9. The van der Waals surface area contributed by atoms with Gasteiger partial charge in [0, 0.05) is 0 Å². The second-order valence-electron chi connectivity index (χ2n) is 8.06. The smallest absolute Gasteiger partial charge is 0.427 e. The number of aliphatic hydroxyl groups excluding tert-OH is 3. The highest BCUT2D eigenvalue weighted by Crippen LogP contribution is 2.30. The average molecular weight is 432 g/mol. The Bertz CT molecular complexity index is 421. The molecule has 0 saturated heterocycles. The van der Waals surface area contributed by atoms with E-state index in [1.807, 2.05) is 20.8 Å². The van der Waals surface area contributed by atoms with Gasteiger partial charge >= 0.3 is 21.4 Å². The largest absolute Gasteiger partial charge is 0.454 e. The van der Waals surface area contributed by atoms with E-state index in [0.29, 0.717) is 38.2 Å². The quantitative estimate of drug-likeness (QED) is 0.198. The van der Waals surface area contributed by atoms with Gasteiger partial charge in [0.15, 0.2) is 0 Å². The Morgan fingerprint density at radius 1 is 0.533 bits per heavy atom. The van der Waals surface area contributed by atoms with Crippen LogP contribution in [0.5, 0.6) is 0 Å². The third-order valence-electron chi connectivity index (χ3n) is 5.38. The van der Waals surface area contributed by atoms with E-state index in [0.717, 1.165) is 19.3 Å². The van der Waals surface area contributed by atoms with Crippen molar-refractivity contribution in [3.63, 3.8) is 0 Å². The molecule has 1 saturated carbocycles. The molecule has 0 aromatic heterocycles. The van der Waals surface area contributed by atoms with E-state index in [2.05, 4.69) is 0 Å². The van der Waals surface area contributed by atoms with Crippen LogP contribution in [0.1, 0.15) is 59.3 Å². The summed E-state index contributed by atoms with van der Waals surface area (Å²) >= 11 is 0. The lowest BCUT2D eigenvalue weighted by Gasteiger charge is -2.47. The molecule has 0 heterocycles. The summed E-state index contributed by atoms with van der Waals surface area (Å²) in [6.07, 6.45) is -3.02. The first-order chi connectivity index (χ1) is 14.3. The van der Waals surface area contributed by atoms with Gasteiger partial charge in [0.25, 0.3) is 0 Å². The minimum absolute atomic E-state index is 0.314. The lowest BCUT2D eigenvalue weighted by atomic mass is 9.75. The summed E-state index contributed by atoms with van der Waals surface area (Å²) < 4.78 is 16.8. The highest BCUT2D eigenvalue weighted by atomic mass is 16.6. The molecule has 1 aliphatic carbocycles. The zero-order chi connectivity index (χ0) is 22.7. The zero-order valence-electron chi connectivity index (χ0n) is 18.5. The van der Waals surface area contributed by atoms with Crippen molar-refractivity contribution in [2.45, 2.75) is 115 Å². The molecular formula is C18H39B3O9. The maximum atomic E-state index is 10.5. The molecule has 12 heteroatoms. The van der Waals surface area contributed by atoms with E-state index in [-0.39, 0.29) is 0 Å². The van der Waals surface area contributed by atoms with Crippen LogP contribution in [0.15, 0.2) is 0 Å². The third-order valence-corrected chi connectivity index (χ3v) is 5.38. The van der Waals surface area contributed by atoms with E-state index < -0.39 is 58.0 Å². The summed E-state index contributed by atoms with van der Waals surface area (Å²) in [5.41, 5.74) is 0. The normalized spacial score (nSPS) is 29.1. The second kappa shape index (κ2) is 14.8. The highest BCUT2D eigenvalue weighted by molar-refractivity contribution is 6.43. The summed E-state index contributed by atoms with van der Waals surface area (Å²) in [7, 11) is -3.67. The monoisotopic (exact) mass is 432 g/mol. The Kier molecular flexibility index (Phi) is 13.8. The fourth-order valence-corrected chi connectivity index (χ4v) is 3.52. The molecule has 6 N–H and O–H groups in total. The average Bonchev–Trinajstić information content (AvgIpc) is 2.73. The maximum Gasteiger partial charge on any atom is 0.454 e. The topological polar surface area (TPSA) is 149 Å². The van der Waals surface area contributed by atoms with Crippen molar-refractivity contribution in [1.82, 2.24) is 0 Å². The molecule has 2 unspecified atom stereocenters. The molecule has 1 aliphatic rings. The number of aliphatic hydroxyl groups is 3. The van der Waals surface area contributed by atoms with Gasteiger partial charge in [-0.3, -0.25) is 0 Å². The van der Waals surface area contributed by atoms with Crippen molar-refractivity contribution in [2.24, 2.45) is 0 Å². The summed E-state index contributed by atoms with van der Waals surface area (Å²) in [4.78, 5) is 0. The van der Waals surface area contributed by atoms with Crippen LogP contribution in [0.4, 0.5) is 0 Å². The lowest BCUT2D eigenvalue weighted by Crippen LogP contribution is -2.67.